The molecule has 106 valence electrons. The number of hydrogen-bond acceptors (Lipinski definition) is 3. The molecule has 1 heterocycles. The average molecular weight is 286 g/mol. The van der Waals surface area contributed by atoms with Crippen LogP contribution < -0.4 is 5.73 Å². The number of nitrogens with two attached hydrogens (primary N) is 1. The maximum atomic E-state index is 6.34. The fourth-order valence-corrected chi connectivity index (χ4v) is 3.31. The number of thioether (sulfide) groups is 1. The van der Waals surface area contributed by atoms with E-state index in [0.717, 1.165) is 16.5 Å². The van der Waals surface area contributed by atoms with E-state index in [1.54, 1.807) is 11.8 Å². The van der Waals surface area contributed by atoms with Crippen molar-refractivity contribution in [2.75, 3.05) is 5.75 Å². The van der Waals surface area contributed by atoms with E-state index in [9.17, 15) is 0 Å². The molecule has 3 heteroatoms. The molecule has 0 aliphatic carbocycles. The number of nitrogens with zero attached hydrogens (tertiary/aromatic N) is 1. The summed E-state index contributed by atoms with van der Waals surface area (Å²) in [5.74, 6) is 0.847. The molecule has 0 saturated carbocycles. The number of aromatic nitrogens is 1. The van der Waals surface area contributed by atoms with Gasteiger partial charge in [0.15, 0.2) is 0 Å². The van der Waals surface area contributed by atoms with Crippen LogP contribution in [0.25, 0.3) is 0 Å². The monoisotopic (exact) mass is 286 g/mol. The van der Waals surface area contributed by atoms with Crippen LogP contribution in [0.2, 0.25) is 0 Å². The highest BCUT2D eigenvalue weighted by Crippen LogP contribution is 2.25. The molecule has 1 aromatic carbocycles. The summed E-state index contributed by atoms with van der Waals surface area (Å²) in [5, 5.41) is 1.06. The van der Waals surface area contributed by atoms with Gasteiger partial charge in [0.1, 0.15) is 0 Å². The number of aryl methyl sites for hydroxylation is 4. The van der Waals surface area contributed by atoms with Gasteiger partial charge >= 0.3 is 0 Å². The summed E-state index contributed by atoms with van der Waals surface area (Å²) in [5.41, 5.74) is 12.4. The van der Waals surface area contributed by atoms with Crippen molar-refractivity contribution in [3.05, 3.63) is 58.3 Å². The quantitative estimate of drug-likeness (QED) is 0.860. The lowest BCUT2D eigenvalue weighted by atomic mass is 10.0. The lowest BCUT2D eigenvalue weighted by molar-refractivity contribution is 0.819. The second-order valence-electron chi connectivity index (χ2n) is 5.40. The molecule has 0 amide bonds. The molecule has 20 heavy (non-hydrogen) atoms. The Morgan fingerprint density at radius 2 is 1.80 bits per heavy atom. The van der Waals surface area contributed by atoms with Crippen LogP contribution in [0.1, 0.15) is 34.0 Å². The zero-order valence-corrected chi connectivity index (χ0v) is 13.4. The Morgan fingerprint density at radius 1 is 1.05 bits per heavy atom. The highest BCUT2D eigenvalue weighted by Gasteiger charge is 2.10. The predicted octanol–water partition coefficient (Wildman–Crippen LogP) is 4.11. The second-order valence-corrected chi connectivity index (χ2v) is 6.44. The topological polar surface area (TPSA) is 38.9 Å². The minimum Gasteiger partial charge on any atom is -0.323 e. The van der Waals surface area contributed by atoms with Crippen LogP contribution in [0.15, 0.2) is 35.4 Å². The molecule has 0 saturated heterocycles. The third-order valence-electron chi connectivity index (χ3n) is 3.32. The van der Waals surface area contributed by atoms with Crippen LogP contribution >= 0.6 is 11.8 Å². The molecule has 1 unspecified atom stereocenters. The minimum absolute atomic E-state index is 0.0440. The van der Waals surface area contributed by atoms with Crippen molar-refractivity contribution >= 4 is 11.8 Å². The molecule has 0 aliphatic heterocycles. The fourth-order valence-electron chi connectivity index (χ4n) is 2.30. The first-order chi connectivity index (χ1) is 9.45. The number of hydrogen-bond donors (Lipinski definition) is 1. The molecule has 1 atom stereocenters. The Labute approximate surface area is 125 Å². The maximum absolute atomic E-state index is 6.34. The van der Waals surface area contributed by atoms with Crippen molar-refractivity contribution in [3.63, 3.8) is 0 Å². The molecule has 2 N–H and O–H groups in total. The largest absolute Gasteiger partial charge is 0.323 e. The van der Waals surface area contributed by atoms with E-state index in [0.29, 0.717) is 0 Å². The van der Waals surface area contributed by atoms with Gasteiger partial charge in [-0.25, -0.2) is 4.98 Å². The number of rotatable bonds is 4. The van der Waals surface area contributed by atoms with Gasteiger partial charge in [-0.2, -0.15) is 0 Å². The summed E-state index contributed by atoms with van der Waals surface area (Å²) in [6, 6.07) is 10.7. The van der Waals surface area contributed by atoms with Gasteiger partial charge in [0.05, 0.1) is 5.03 Å². The van der Waals surface area contributed by atoms with Gasteiger partial charge < -0.3 is 5.73 Å². The van der Waals surface area contributed by atoms with E-state index >= 15 is 0 Å². The van der Waals surface area contributed by atoms with Crippen molar-refractivity contribution in [1.29, 1.82) is 0 Å². The van der Waals surface area contributed by atoms with Crippen LogP contribution in [0.3, 0.4) is 0 Å². The first-order valence-electron chi connectivity index (χ1n) is 6.86. The van der Waals surface area contributed by atoms with E-state index in [1.807, 2.05) is 6.92 Å². The minimum atomic E-state index is 0.0440. The molecule has 0 aliphatic rings. The van der Waals surface area contributed by atoms with Gasteiger partial charge in [-0.15, -0.1) is 11.8 Å². The van der Waals surface area contributed by atoms with E-state index in [1.165, 1.54) is 22.3 Å². The molecule has 0 fully saturated rings. The smallest absolute Gasteiger partial charge is 0.0966 e. The summed E-state index contributed by atoms with van der Waals surface area (Å²) < 4.78 is 0. The van der Waals surface area contributed by atoms with E-state index in [4.69, 9.17) is 5.73 Å². The molecule has 2 rings (SSSR count). The first-order valence-corrected chi connectivity index (χ1v) is 7.85. The summed E-state index contributed by atoms with van der Waals surface area (Å²) in [4.78, 5) is 4.55. The third kappa shape index (κ3) is 3.84. The van der Waals surface area contributed by atoms with Gasteiger partial charge in [-0.1, -0.05) is 23.8 Å². The van der Waals surface area contributed by atoms with Gasteiger partial charge in [-0.05, 0) is 56.5 Å². The Morgan fingerprint density at radius 3 is 2.50 bits per heavy atom. The van der Waals surface area contributed by atoms with Crippen molar-refractivity contribution in [2.24, 2.45) is 5.73 Å². The zero-order valence-electron chi connectivity index (χ0n) is 12.6. The predicted molar refractivity (Wildman–Crippen MR) is 87.3 cm³/mol. The van der Waals surface area contributed by atoms with Crippen molar-refractivity contribution in [1.82, 2.24) is 4.98 Å². The summed E-state index contributed by atoms with van der Waals surface area (Å²) in [6.45, 7) is 8.35. The van der Waals surface area contributed by atoms with Crippen LogP contribution in [-0.2, 0) is 0 Å². The standard InChI is InChI=1S/C17H22N2S/c1-11-5-6-13(3)15(8-11)16(18)10-20-17-9-12(2)7-14(4)19-17/h5-9,16H,10,18H2,1-4H3. The third-order valence-corrected chi connectivity index (χ3v) is 4.35. The molecule has 0 spiro atoms. The van der Waals surface area contributed by atoms with E-state index < -0.39 is 0 Å². The fraction of sp³-hybridized carbons (Fsp3) is 0.353. The summed E-state index contributed by atoms with van der Waals surface area (Å²) in [7, 11) is 0. The van der Waals surface area contributed by atoms with Crippen molar-refractivity contribution < 1.29 is 0 Å². The molecular weight excluding hydrogens is 264 g/mol. The molecule has 0 radical (unpaired) electrons. The number of pyridine rings is 1. The van der Waals surface area contributed by atoms with Gasteiger partial charge in [0.25, 0.3) is 0 Å². The SMILES string of the molecule is Cc1cc(C)nc(SCC(N)c2cc(C)ccc2C)c1. The average Bonchev–Trinajstić information content (AvgIpc) is 2.38. The number of benzene rings is 1. The van der Waals surface area contributed by atoms with Crippen molar-refractivity contribution in [2.45, 2.75) is 38.8 Å². The van der Waals surface area contributed by atoms with E-state index in [-0.39, 0.29) is 6.04 Å². The summed E-state index contributed by atoms with van der Waals surface area (Å²) >= 11 is 1.73. The lowest BCUT2D eigenvalue weighted by Crippen LogP contribution is -2.14. The van der Waals surface area contributed by atoms with Gasteiger partial charge in [-0.3, -0.25) is 0 Å². The molecular formula is C17H22N2S. The lowest BCUT2D eigenvalue weighted by Gasteiger charge is -2.15. The van der Waals surface area contributed by atoms with Crippen LogP contribution in [0, 0.1) is 27.7 Å². The Balaban J connectivity index is 2.08. The molecule has 2 nitrogen and oxygen atoms in total. The zero-order chi connectivity index (χ0) is 14.7. The molecule has 0 bridgehead atoms. The summed E-state index contributed by atoms with van der Waals surface area (Å²) in [6.07, 6.45) is 0. The Bertz CT molecular complexity index is 588. The highest BCUT2D eigenvalue weighted by molar-refractivity contribution is 7.99. The van der Waals surface area contributed by atoms with Crippen LogP contribution in [-0.4, -0.2) is 10.7 Å². The second kappa shape index (κ2) is 6.42. The Kier molecular flexibility index (Phi) is 4.84. The first kappa shape index (κ1) is 15.1. The highest BCUT2D eigenvalue weighted by atomic mass is 32.2. The van der Waals surface area contributed by atoms with Crippen molar-refractivity contribution in [3.8, 4) is 0 Å². The molecule has 2 aromatic rings. The van der Waals surface area contributed by atoms with Gasteiger partial charge in [0.2, 0.25) is 0 Å². The van der Waals surface area contributed by atoms with E-state index in [2.05, 4.69) is 56.1 Å². The Hall–Kier alpha value is -1.32. The van der Waals surface area contributed by atoms with Gasteiger partial charge in [0, 0.05) is 17.5 Å². The van der Waals surface area contributed by atoms with Crippen LogP contribution in [0.5, 0.6) is 0 Å². The normalized spacial score (nSPS) is 12.4. The maximum Gasteiger partial charge on any atom is 0.0966 e. The van der Waals surface area contributed by atoms with Crippen LogP contribution in [0.4, 0.5) is 0 Å². The molecule has 1 aromatic heterocycles.